The van der Waals surface area contributed by atoms with Crippen LogP contribution in [-0.2, 0) is 9.59 Å². The maximum Gasteiger partial charge on any atom is 0.315 e. The molecule has 0 radical (unpaired) electrons. The predicted octanol–water partition coefficient (Wildman–Crippen LogP) is 0.784. The number of urea groups is 1. The molecule has 0 aromatic heterocycles. The molecule has 1 aliphatic heterocycles. The number of likely N-dealkylation sites (tertiary alicyclic amines) is 1. The Morgan fingerprint density at radius 2 is 2.08 bits per heavy atom. The highest BCUT2D eigenvalue weighted by atomic mass is 16.2. The molecule has 4 amide bonds. The largest absolute Gasteiger partial charge is 0.359 e. The van der Waals surface area contributed by atoms with Crippen molar-refractivity contribution in [3.63, 3.8) is 0 Å². The fourth-order valence-corrected chi connectivity index (χ4v) is 2.80. The van der Waals surface area contributed by atoms with Crippen LogP contribution in [0.4, 0.5) is 4.79 Å². The van der Waals surface area contributed by atoms with E-state index in [9.17, 15) is 14.4 Å². The van der Waals surface area contributed by atoms with Gasteiger partial charge in [-0.2, -0.15) is 0 Å². The first-order valence-corrected chi connectivity index (χ1v) is 8.17. The summed E-state index contributed by atoms with van der Waals surface area (Å²) in [6.07, 6.45) is 1.61. The Labute approximate surface area is 141 Å². The van der Waals surface area contributed by atoms with Gasteiger partial charge >= 0.3 is 6.03 Å². The highest BCUT2D eigenvalue weighted by Crippen LogP contribution is 2.25. The molecule has 1 aromatic rings. The van der Waals surface area contributed by atoms with Gasteiger partial charge in [-0.3, -0.25) is 9.59 Å². The number of nitrogens with one attached hydrogen (secondary N) is 3. The van der Waals surface area contributed by atoms with Crippen LogP contribution in [0.3, 0.4) is 0 Å². The molecular formula is C17H24N4O3. The van der Waals surface area contributed by atoms with E-state index in [0.29, 0.717) is 38.9 Å². The molecular weight excluding hydrogens is 308 g/mol. The standard InChI is InChI=1S/C17H24N4O3/c1-13(14-6-3-2-4-7-14)21-11-15(10-16(21)23)20-17(24)19-9-5-8-18-12-22/h2-4,6-7,12-13,15H,5,8-11H2,1H3,(H,18,22)(H2,19,20,24). The van der Waals surface area contributed by atoms with Crippen molar-refractivity contribution in [3.8, 4) is 0 Å². The summed E-state index contributed by atoms with van der Waals surface area (Å²) < 4.78 is 0. The van der Waals surface area contributed by atoms with Crippen LogP contribution in [0.5, 0.6) is 0 Å². The summed E-state index contributed by atoms with van der Waals surface area (Å²) >= 11 is 0. The minimum atomic E-state index is -0.284. The van der Waals surface area contributed by atoms with Crippen LogP contribution in [0.25, 0.3) is 0 Å². The summed E-state index contributed by atoms with van der Waals surface area (Å²) in [6, 6.07) is 9.37. The molecule has 1 heterocycles. The van der Waals surface area contributed by atoms with Crippen molar-refractivity contribution in [2.45, 2.75) is 31.8 Å². The van der Waals surface area contributed by atoms with Crippen LogP contribution < -0.4 is 16.0 Å². The van der Waals surface area contributed by atoms with Crippen molar-refractivity contribution < 1.29 is 14.4 Å². The number of amides is 4. The highest BCUT2D eigenvalue weighted by molar-refractivity contribution is 5.82. The smallest absolute Gasteiger partial charge is 0.315 e. The number of carbonyl (C=O) groups is 3. The van der Waals surface area contributed by atoms with Crippen molar-refractivity contribution in [3.05, 3.63) is 35.9 Å². The van der Waals surface area contributed by atoms with E-state index in [1.807, 2.05) is 37.3 Å². The number of benzene rings is 1. The summed E-state index contributed by atoms with van der Waals surface area (Å²) in [5, 5.41) is 8.09. The number of hydrogen-bond acceptors (Lipinski definition) is 3. The minimum absolute atomic E-state index is 0.0111. The Balaban J connectivity index is 1.77. The lowest BCUT2D eigenvalue weighted by molar-refractivity contribution is -0.129. The van der Waals surface area contributed by atoms with E-state index in [0.717, 1.165) is 5.56 Å². The molecule has 0 aliphatic carbocycles. The lowest BCUT2D eigenvalue weighted by atomic mass is 10.1. The Morgan fingerprint density at radius 1 is 1.33 bits per heavy atom. The van der Waals surface area contributed by atoms with Gasteiger partial charge in [0, 0.05) is 26.1 Å². The first kappa shape index (κ1) is 17.8. The second kappa shape index (κ2) is 8.90. The van der Waals surface area contributed by atoms with Gasteiger partial charge in [0.25, 0.3) is 0 Å². The van der Waals surface area contributed by atoms with E-state index in [-0.39, 0.29) is 24.0 Å². The molecule has 0 saturated carbocycles. The molecule has 130 valence electrons. The van der Waals surface area contributed by atoms with Crippen molar-refractivity contribution in [2.75, 3.05) is 19.6 Å². The van der Waals surface area contributed by atoms with E-state index in [1.54, 1.807) is 4.90 Å². The Hall–Kier alpha value is -2.57. The normalized spacial score (nSPS) is 18.1. The Kier molecular flexibility index (Phi) is 6.60. The monoisotopic (exact) mass is 332 g/mol. The number of nitrogens with zero attached hydrogens (tertiary/aromatic N) is 1. The number of hydrogen-bond donors (Lipinski definition) is 3. The van der Waals surface area contributed by atoms with Crippen molar-refractivity contribution >= 4 is 18.3 Å². The van der Waals surface area contributed by atoms with Gasteiger partial charge in [0.15, 0.2) is 0 Å². The summed E-state index contributed by atoms with van der Waals surface area (Å²) in [7, 11) is 0. The van der Waals surface area contributed by atoms with Gasteiger partial charge < -0.3 is 20.9 Å². The summed E-state index contributed by atoms with van der Waals surface area (Å²) in [6.45, 7) is 3.50. The maximum atomic E-state index is 12.2. The Morgan fingerprint density at radius 3 is 2.79 bits per heavy atom. The molecule has 1 aliphatic rings. The summed E-state index contributed by atoms with van der Waals surface area (Å²) in [5.74, 6) is 0.0480. The number of carbonyl (C=O) groups excluding carboxylic acids is 3. The van der Waals surface area contributed by atoms with Crippen LogP contribution in [-0.4, -0.2) is 48.9 Å². The van der Waals surface area contributed by atoms with Crippen LogP contribution >= 0.6 is 0 Å². The zero-order valence-corrected chi connectivity index (χ0v) is 13.8. The van der Waals surface area contributed by atoms with E-state index in [1.165, 1.54) is 0 Å². The number of rotatable bonds is 8. The fourth-order valence-electron chi connectivity index (χ4n) is 2.80. The van der Waals surface area contributed by atoms with Crippen LogP contribution in [0.2, 0.25) is 0 Å². The first-order chi connectivity index (χ1) is 11.6. The molecule has 24 heavy (non-hydrogen) atoms. The molecule has 1 fully saturated rings. The van der Waals surface area contributed by atoms with Gasteiger partial charge in [0.1, 0.15) is 0 Å². The maximum absolute atomic E-state index is 12.2. The molecule has 2 unspecified atom stereocenters. The zero-order chi connectivity index (χ0) is 17.4. The summed E-state index contributed by atoms with van der Waals surface area (Å²) in [4.78, 5) is 36.0. The molecule has 0 spiro atoms. The molecule has 1 saturated heterocycles. The molecule has 7 nitrogen and oxygen atoms in total. The molecule has 7 heteroatoms. The molecule has 3 N–H and O–H groups in total. The lowest BCUT2D eigenvalue weighted by Crippen LogP contribution is -2.44. The quantitative estimate of drug-likeness (QED) is 0.485. The molecule has 0 bridgehead atoms. The average Bonchev–Trinajstić information content (AvgIpc) is 2.95. The SMILES string of the molecule is CC(c1ccccc1)N1CC(NC(=O)NCCCNC=O)CC1=O. The van der Waals surface area contributed by atoms with Gasteiger partial charge in [-0.15, -0.1) is 0 Å². The molecule has 1 aromatic carbocycles. The van der Waals surface area contributed by atoms with E-state index < -0.39 is 0 Å². The zero-order valence-electron chi connectivity index (χ0n) is 13.8. The van der Waals surface area contributed by atoms with Crippen molar-refractivity contribution in [1.29, 1.82) is 0 Å². The van der Waals surface area contributed by atoms with Crippen LogP contribution in [0, 0.1) is 0 Å². The van der Waals surface area contributed by atoms with E-state index in [2.05, 4.69) is 16.0 Å². The Bertz CT molecular complexity index is 564. The first-order valence-electron chi connectivity index (χ1n) is 8.17. The van der Waals surface area contributed by atoms with Crippen LogP contribution in [0.1, 0.15) is 31.4 Å². The summed E-state index contributed by atoms with van der Waals surface area (Å²) in [5.41, 5.74) is 1.08. The van der Waals surface area contributed by atoms with Gasteiger partial charge in [-0.1, -0.05) is 30.3 Å². The lowest BCUT2D eigenvalue weighted by Gasteiger charge is -2.25. The van der Waals surface area contributed by atoms with Gasteiger partial charge in [0.05, 0.1) is 12.1 Å². The van der Waals surface area contributed by atoms with Crippen LogP contribution in [0.15, 0.2) is 30.3 Å². The third-order valence-corrected chi connectivity index (χ3v) is 4.11. The topological polar surface area (TPSA) is 90.5 Å². The minimum Gasteiger partial charge on any atom is -0.359 e. The van der Waals surface area contributed by atoms with E-state index >= 15 is 0 Å². The third-order valence-electron chi connectivity index (χ3n) is 4.11. The fraction of sp³-hybridized carbons (Fsp3) is 0.471. The average molecular weight is 332 g/mol. The van der Waals surface area contributed by atoms with Gasteiger partial charge in [-0.05, 0) is 18.9 Å². The highest BCUT2D eigenvalue weighted by Gasteiger charge is 2.33. The van der Waals surface area contributed by atoms with E-state index in [4.69, 9.17) is 0 Å². The molecule has 2 atom stereocenters. The van der Waals surface area contributed by atoms with Gasteiger partial charge in [-0.25, -0.2) is 4.79 Å². The second-order valence-corrected chi connectivity index (χ2v) is 5.86. The van der Waals surface area contributed by atoms with Gasteiger partial charge in [0.2, 0.25) is 12.3 Å². The second-order valence-electron chi connectivity index (χ2n) is 5.86. The third kappa shape index (κ3) is 4.97. The van der Waals surface area contributed by atoms with Crippen molar-refractivity contribution in [1.82, 2.24) is 20.9 Å². The van der Waals surface area contributed by atoms with Crippen molar-refractivity contribution in [2.24, 2.45) is 0 Å². The predicted molar refractivity (Wildman–Crippen MR) is 90.2 cm³/mol. The molecule has 2 rings (SSSR count).